The van der Waals surface area contributed by atoms with E-state index in [0.29, 0.717) is 11.1 Å². The molecular formula is C24H20BrFO2. The third-order valence-corrected chi connectivity index (χ3v) is 6.06. The molecule has 3 aromatic rings. The van der Waals surface area contributed by atoms with Crippen molar-refractivity contribution in [3.05, 3.63) is 106 Å². The van der Waals surface area contributed by atoms with Crippen LogP contribution < -0.4 is 0 Å². The minimum Gasteiger partial charge on any atom is -0.460 e. The van der Waals surface area contributed by atoms with Crippen LogP contribution in [0.5, 0.6) is 0 Å². The molecule has 0 radical (unpaired) electrons. The number of esters is 1. The largest absolute Gasteiger partial charge is 0.460 e. The van der Waals surface area contributed by atoms with Crippen LogP contribution in [-0.4, -0.2) is 5.97 Å². The molecule has 0 N–H and O–H groups in total. The highest BCUT2D eigenvalue weighted by Crippen LogP contribution is 2.67. The molecule has 0 amide bonds. The fraction of sp³-hybridized carbons (Fsp3) is 0.208. The van der Waals surface area contributed by atoms with Gasteiger partial charge in [-0.25, -0.2) is 4.39 Å². The lowest BCUT2D eigenvalue weighted by molar-refractivity contribution is -0.149. The van der Waals surface area contributed by atoms with Crippen LogP contribution in [0.2, 0.25) is 0 Å². The Morgan fingerprint density at radius 1 is 1.00 bits per heavy atom. The Labute approximate surface area is 172 Å². The second-order valence-corrected chi connectivity index (χ2v) is 8.18. The van der Waals surface area contributed by atoms with Gasteiger partial charge in [-0.2, -0.15) is 0 Å². The summed E-state index contributed by atoms with van der Waals surface area (Å²) >= 11 is 3.41. The Morgan fingerprint density at radius 3 is 2.32 bits per heavy atom. The first-order valence-corrected chi connectivity index (χ1v) is 9.99. The first-order chi connectivity index (χ1) is 13.5. The molecule has 28 heavy (non-hydrogen) atoms. The zero-order valence-corrected chi connectivity index (χ0v) is 17.1. The number of carbonyl (C=O) groups excluding carboxylic acids is 1. The van der Waals surface area contributed by atoms with E-state index >= 15 is 4.39 Å². The highest BCUT2D eigenvalue weighted by molar-refractivity contribution is 9.10. The van der Waals surface area contributed by atoms with Crippen LogP contribution in [0.15, 0.2) is 83.3 Å². The maximum atomic E-state index is 16.3. The SMILES string of the molecule is Cc1ccccc1[C@]1(F)C[C@]1(C(=O)OCc1ccccc1)c1ccc(Br)cc1. The number of benzene rings is 3. The standard InChI is InChI=1S/C24H20BrFO2/c1-17-7-5-6-10-21(17)24(26)16-23(24,19-11-13-20(25)14-12-19)22(27)28-15-18-8-3-2-4-9-18/h2-14H,15-16H2,1H3/t23-,24-/m1/s1. The molecule has 1 aliphatic carbocycles. The summed E-state index contributed by atoms with van der Waals surface area (Å²) in [5, 5.41) is 0. The number of aryl methyl sites for hydroxylation is 1. The van der Waals surface area contributed by atoms with Crippen LogP contribution in [0, 0.1) is 6.92 Å². The van der Waals surface area contributed by atoms with E-state index in [0.717, 1.165) is 15.6 Å². The Hall–Kier alpha value is -2.46. The topological polar surface area (TPSA) is 26.3 Å². The summed E-state index contributed by atoms with van der Waals surface area (Å²) in [5.74, 6) is -0.524. The average Bonchev–Trinajstić information content (AvgIpc) is 3.35. The number of rotatable bonds is 5. The quantitative estimate of drug-likeness (QED) is 0.456. The van der Waals surface area contributed by atoms with Gasteiger partial charge in [0.25, 0.3) is 0 Å². The molecule has 1 saturated carbocycles. The summed E-state index contributed by atoms with van der Waals surface area (Å²) in [4.78, 5) is 13.2. The Morgan fingerprint density at radius 2 is 1.64 bits per heavy atom. The molecule has 0 aromatic heterocycles. The van der Waals surface area contributed by atoms with E-state index < -0.39 is 17.1 Å². The average molecular weight is 439 g/mol. The van der Waals surface area contributed by atoms with Crippen molar-refractivity contribution in [1.29, 1.82) is 0 Å². The van der Waals surface area contributed by atoms with Crippen LogP contribution in [-0.2, 0) is 27.2 Å². The van der Waals surface area contributed by atoms with Gasteiger partial charge in [0.1, 0.15) is 12.0 Å². The van der Waals surface area contributed by atoms with Crippen LogP contribution in [0.3, 0.4) is 0 Å². The van der Waals surface area contributed by atoms with Crippen molar-refractivity contribution >= 4 is 21.9 Å². The van der Waals surface area contributed by atoms with Crippen molar-refractivity contribution in [2.75, 3.05) is 0 Å². The fourth-order valence-corrected chi connectivity index (χ4v) is 4.19. The normalized spacial score (nSPS) is 23.2. The molecule has 3 aromatic carbocycles. The number of hydrogen-bond acceptors (Lipinski definition) is 2. The summed E-state index contributed by atoms with van der Waals surface area (Å²) in [6.07, 6.45) is 0.0834. The minimum absolute atomic E-state index is 0.0834. The smallest absolute Gasteiger partial charge is 0.320 e. The van der Waals surface area contributed by atoms with Gasteiger partial charge < -0.3 is 4.74 Å². The van der Waals surface area contributed by atoms with E-state index in [1.807, 2.05) is 67.6 Å². The van der Waals surface area contributed by atoms with Gasteiger partial charge in [0.05, 0.1) is 0 Å². The lowest BCUT2D eigenvalue weighted by atomic mass is 9.88. The Kier molecular flexibility index (Phi) is 4.84. The number of alkyl halides is 1. The van der Waals surface area contributed by atoms with E-state index in [-0.39, 0.29) is 13.0 Å². The van der Waals surface area contributed by atoms with Gasteiger partial charge in [-0.3, -0.25) is 4.79 Å². The first-order valence-electron chi connectivity index (χ1n) is 9.19. The molecule has 142 valence electrons. The lowest BCUT2D eigenvalue weighted by Crippen LogP contribution is -2.31. The summed E-state index contributed by atoms with van der Waals surface area (Å²) in [7, 11) is 0. The van der Waals surface area contributed by atoms with Gasteiger partial charge in [-0.1, -0.05) is 82.7 Å². The predicted octanol–water partition coefficient (Wildman–Crippen LogP) is 6.01. The fourth-order valence-electron chi connectivity index (χ4n) is 3.93. The molecular weight excluding hydrogens is 419 g/mol. The number of halogens is 2. The molecule has 1 aliphatic rings. The molecule has 0 unspecified atom stereocenters. The van der Waals surface area contributed by atoms with Crippen molar-refractivity contribution in [2.24, 2.45) is 0 Å². The van der Waals surface area contributed by atoms with Crippen molar-refractivity contribution < 1.29 is 13.9 Å². The predicted molar refractivity (Wildman–Crippen MR) is 111 cm³/mol. The molecule has 0 heterocycles. The number of hydrogen-bond donors (Lipinski definition) is 0. The molecule has 0 spiro atoms. The Balaban J connectivity index is 1.71. The van der Waals surface area contributed by atoms with Crippen molar-refractivity contribution in [3.8, 4) is 0 Å². The molecule has 0 bridgehead atoms. The minimum atomic E-state index is -1.78. The van der Waals surface area contributed by atoms with Gasteiger partial charge in [0.2, 0.25) is 0 Å². The maximum absolute atomic E-state index is 16.3. The van der Waals surface area contributed by atoms with Gasteiger partial charge in [0, 0.05) is 10.9 Å². The Bertz CT molecular complexity index is 1000. The summed E-state index contributed by atoms with van der Waals surface area (Å²) in [5.41, 5.74) is -0.203. The van der Waals surface area contributed by atoms with Gasteiger partial charge in [-0.05, 0) is 41.3 Å². The van der Waals surface area contributed by atoms with Crippen molar-refractivity contribution in [3.63, 3.8) is 0 Å². The van der Waals surface area contributed by atoms with E-state index in [4.69, 9.17) is 4.74 Å². The highest BCUT2D eigenvalue weighted by atomic mass is 79.9. The van der Waals surface area contributed by atoms with Crippen molar-refractivity contribution in [1.82, 2.24) is 0 Å². The second-order valence-electron chi connectivity index (χ2n) is 7.27. The molecule has 0 aliphatic heterocycles. The van der Waals surface area contributed by atoms with E-state index in [1.165, 1.54) is 0 Å². The summed E-state index contributed by atoms with van der Waals surface area (Å²) in [6, 6.07) is 24.0. The van der Waals surface area contributed by atoms with Crippen molar-refractivity contribution in [2.45, 2.75) is 31.0 Å². The molecule has 4 rings (SSSR count). The van der Waals surface area contributed by atoms with Gasteiger partial charge >= 0.3 is 5.97 Å². The molecule has 2 nitrogen and oxygen atoms in total. The highest BCUT2D eigenvalue weighted by Gasteiger charge is 2.76. The molecule has 0 saturated heterocycles. The van der Waals surface area contributed by atoms with Crippen LogP contribution in [0.1, 0.15) is 28.7 Å². The lowest BCUT2D eigenvalue weighted by Gasteiger charge is -2.21. The monoisotopic (exact) mass is 438 g/mol. The van der Waals surface area contributed by atoms with Crippen LogP contribution in [0.25, 0.3) is 0 Å². The zero-order chi connectivity index (χ0) is 19.8. The maximum Gasteiger partial charge on any atom is 0.320 e. The molecule has 4 heteroatoms. The van der Waals surface area contributed by atoms with E-state index in [2.05, 4.69) is 15.9 Å². The molecule has 2 atom stereocenters. The zero-order valence-electron chi connectivity index (χ0n) is 15.5. The third kappa shape index (κ3) is 3.06. The number of carbonyl (C=O) groups is 1. The van der Waals surface area contributed by atoms with Gasteiger partial charge in [-0.15, -0.1) is 0 Å². The summed E-state index contributed by atoms with van der Waals surface area (Å²) < 4.78 is 22.7. The summed E-state index contributed by atoms with van der Waals surface area (Å²) in [6.45, 7) is 2.00. The number of ether oxygens (including phenoxy) is 1. The van der Waals surface area contributed by atoms with Crippen LogP contribution >= 0.6 is 15.9 Å². The molecule has 1 fully saturated rings. The van der Waals surface area contributed by atoms with E-state index in [9.17, 15) is 4.79 Å². The second kappa shape index (κ2) is 7.17. The van der Waals surface area contributed by atoms with Crippen LogP contribution in [0.4, 0.5) is 4.39 Å². The van der Waals surface area contributed by atoms with E-state index in [1.54, 1.807) is 18.2 Å². The first kappa shape index (κ1) is 18.9. The van der Waals surface area contributed by atoms with Gasteiger partial charge in [0.15, 0.2) is 5.67 Å². The third-order valence-electron chi connectivity index (χ3n) is 5.53.